The number of amides is 2. The lowest BCUT2D eigenvalue weighted by Gasteiger charge is -2.17. The molecule has 0 saturated carbocycles. The van der Waals surface area contributed by atoms with Crippen molar-refractivity contribution in [1.82, 2.24) is 10.6 Å². The van der Waals surface area contributed by atoms with E-state index in [0.29, 0.717) is 6.42 Å². The predicted octanol–water partition coefficient (Wildman–Crippen LogP) is 3.31. The number of carbonyl (C=O) groups is 3. The number of carbonyl (C=O) groups excluding carboxylic acids is 2. The van der Waals surface area contributed by atoms with E-state index < -0.39 is 18.0 Å². The molecule has 1 unspecified atom stereocenters. The molecule has 3 N–H and O–H groups in total. The monoisotopic (exact) mass is 422 g/mol. The predicted molar refractivity (Wildman–Crippen MR) is 117 cm³/mol. The van der Waals surface area contributed by atoms with Crippen LogP contribution in [0.15, 0.2) is 60.7 Å². The number of fused-ring (bicyclic) bond motifs is 3. The molecule has 2 aromatic rings. The molecule has 0 bridgehead atoms. The summed E-state index contributed by atoms with van der Waals surface area (Å²) in [7, 11) is 0. The second kappa shape index (κ2) is 10.4. The topological polar surface area (TPSA) is 105 Å². The van der Waals surface area contributed by atoms with Crippen molar-refractivity contribution >= 4 is 18.0 Å². The zero-order chi connectivity index (χ0) is 22.2. The van der Waals surface area contributed by atoms with Crippen LogP contribution < -0.4 is 10.6 Å². The Balaban J connectivity index is 1.51. The Labute approximate surface area is 181 Å². The maximum atomic E-state index is 12.3. The number of aliphatic carboxylic acids is 1. The summed E-state index contributed by atoms with van der Waals surface area (Å²) in [5.41, 5.74) is 4.59. The fourth-order valence-electron chi connectivity index (χ4n) is 3.74. The second-order valence-electron chi connectivity index (χ2n) is 7.30. The van der Waals surface area contributed by atoms with Crippen LogP contribution in [0.25, 0.3) is 11.1 Å². The van der Waals surface area contributed by atoms with Gasteiger partial charge in [0.05, 0.1) is 5.92 Å². The summed E-state index contributed by atoms with van der Waals surface area (Å²) >= 11 is 0. The summed E-state index contributed by atoms with van der Waals surface area (Å²) in [4.78, 5) is 34.9. The average molecular weight is 422 g/mol. The van der Waals surface area contributed by atoms with Crippen LogP contribution in [0.2, 0.25) is 0 Å². The Morgan fingerprint density at radius 3 is 2.23 bits per heavy atom. The van der Waals surface area contributed by atoms with Crippen LogP contribution in [-0.2, 0) is 14.3 Å². The normalized spacial score (nSPS) is 13.3. The highest BCUT2D eigenvalue weighted by Gasteiger charge is 2.29. The standard InChI is InChI=1S/C24H26N2O5/c1-2-16(23(29)25-13-7-12-22(27)28)14-26-24(30)31-15-21-19-10-5-3-8-17(19)18-9-4-6-11-20(18)21/h3-12,16,21H,2,13-15H2,1H3,(H,25,29)(H,26,30)(H,27,28)/b12-7+. The van der Waals surface area contributed by atoms with Crippen LogP contribution in [0.1, 0.15) is 30.4 Å². The van der Waals surface area contributed by atoms with Crippen LogP contribution in [-0.4, -0.2) is 42.8 Å². The fraction of sp³-hybridized carbons (Fsp3) is 0.292. The molecule has 0 fully saturated rings. The number of rotatable bonds is 9. The van der Waals surface area contributed by atoms with Gasteiger partial charge in [0.2, 0.25) is 5.91 Å². The summed E-state index contributed by atoms with van der Waals surface area (Å²) in [5, 5.41) is 13.8. The van der Waals surface area contributed by atoms with Gasteiger partial charge < -0.3 is 20.5 Å². The quantitative estimate of drug-likeness (QED) is 0.538. The molecule has 31 heavy (non-hydrogen) atoms. The van der Waals surface area contributed by atoms with Crippen molar-refractivity contribution in [1.29, 1.82) is 0 Å². The van der Waals surface area contributed by atoms with Crippen molar-refractivity contribution in [3.8, 4) is 11.1 Å². The lowest BCUT2D eigenvalue weighted by molar-refractivity contribution is -0.131. The van der Waals surface area contributed by atoms with E-state index in [-0.39, 0.29) is 31.5 Å². The van der Waals surface area contributed by atoms with Gasteiger partial charge in [0.1, 0.15) is 6.61 Å². The zero-order valence-electron chi connectivity index (χ0n) is 17.3. The van der Waals surface area contributed by atoms with E-state index in [9.17, 15) is 14.4 Å². The summed E-state index contributed by atoms with van der Waals surface area (Å²) in [5.74, 6) is -1.78. The van der Waals surface area contributed by atoms with Crippen LogP contribution >= 0.6 is 0 Å². The van der Waals surface area contributed by atoms with Gasteiger partial charge in [0.15, 0.2) is 0 Å². The van der Waals surface area contributed by atoms with Gasteiger partial charge in [-0.15, -0.1) is 0 Å². The van der Waals surface area contributed by atoms with Gasteiger partial charge in [0, 0.05) is 25.1 Å². The van der Waals surface area contributed by atoms with Crippen LogP contribution in [0.4, 0.5) is 4.79 Å². The molecule has 1 aliphatic carbocycles. The van der Waals surface area contributed by atoms with Crippen LogP contribution in [0.5, 0.6) is 0 Å². The Kier molecular flexibility index (Phi) is 7.43. The van der Waals surface area contributed by atoms with Crippen molar-refractivity contribution in [2.45, 2.75) is 19.3 Å². The van der Waals surface area contributed by atoms with E-state index in [4.69, 9.17) is 9.84 Å². The number of carboxylic acid groups (broad SMARTS) is 1. The number of benzene rings is 2. The largest absolute Gasteiger partial charge is 0.478 e. The fourth-order valence-corrected chi connectivity index (χ4v) is 3.74. The van der Waals surface area contributed by atoms with Crippen LogP contribution in [0, 0.1) is 5.92 Å². The summed E-state index contributed by atoms with van der Waals surface area (Å²) < 4.78 is 5.48. The first-order valence-corrected chi connectivity index (χ1v) is 10.3. The lowest BCUT2D eigenvalue weighted by Crippen LogP contribution is -2.39. The summed E-state index contributed by atoms with van der Waals surface area (Å²) in [6.07, 6.45) is 2.28. The molecule has 162 valence electrons. The number of hydrogen-bond donors (Lipinski definition) is 3. The number of alkyl carbamates (subject to hydrolysis) is 1. The molecule has 0 aromatic heterocycles. The third-order valence-corrected chi connectivity index (χ3v) is 5.35. The number of ether oxygens (including phenoxy) is 1. The van der Waals surface area contributed by atoms with Gasteiger partial charge in [-0.1, -0.05) is 61.5 Å². The average Bonchev–Trinajstić information content (AvgIpc) is 3.09. The Hall–Kier alpha value is -3.61. The Bertz CT molecular complexity index is 940. The highest BCUT2D eigenvalue weighted by atomic mass is 16.5. The molecule has 1 aliphatic rings. The first-order chi connectivity index (χ1) is 15.0. The molecule has 7 nitrogen and oxygen atoms in total. The zero-order valence-corrected chi connectivity index (χ0v) is 17.3. The molecular weight excluding hydrogens is 396 g/mol. The third-order valence-electron chi connectivity index (χ3n) is 5.35. The molecule has 3 rings (SSSR count). The minimum absolute atomic E-state index is 0.0237. The Morgan fingerprint density at radius 1 is 1.03 bits per heavy atom. The van der Waals surface area contributed by atoms with E-state index in [2.05, 4.69) is 34.9 Å². The van der Waals surface area contributed by atoms with Crippen molar-refractivity contribution in [3.05, 3.63) is 71.8 Å². The van der Waals surface area contributed by atoms with E-state index in [0.717, 1.165) is 28.3 Å². The molecule has 2 aromatic carbocycles. The van der Waals surface area contributed by atoms with E-state index in [1.54, 1.807) is 0 Å². The minimum atomic E-state index is -1.07. The van der Waals surface area contributed by atoms with Crippen LogP contribution in [0.3, 0.4) is 0 Å². The second-order valence-corrected chi connectivity index (χ2v) is 7.30. The molecule has 0 heterocycles. The van der Waals surface area contributed by atoms with Crippen molar-refractivity contribution < 1.29 is 24.2 Å². The third kappa shape index (κ3) is 5.51. The van der Waals surface area contributed by atoms with E-state index in [1.165, 1.54) is 6.08 Å². The minimum Gasteiger partial charge on any atom is -0.478 e. The molecule has 1 atom stereocenters. The van der Waals surface area contributed by atoms with Gasteiger partial charge in [-0.3, -0.25) is 4.79 Å². The molecule has 0 spiro atoms. The molecule has 2 amide bonds. The SMILES string of the molecule is CCC(CNC(=O)OCC1c2ccccc2-c2ccccc21)C(=O)NC/C=C/C(=O)O. The van der Waals surface area contributed by atoms with Gasteiger partial charge in [-0.2, -0.15) is 0 Å². The lowest BCUT2D eigenvalue weighted by atomic mass is 9.98. The molecular formula is C24H26N2O5. The number of hydrogen-bond acceptors (Lipinski definition) is 4. The number of nitrogens with one attached hydrogen (secondary N) is 2. The molecule has 0 aliphatic heterocycles. The first-order valence-electron chi connectivity index (χ1n) is 10.3. The highest BCUT2D eigenvalue weighted by molar-refractivity contribution is 5.81. The highest BCUT2D eigenvalue weighted by Crippen LogP contribution is 2.44. The maximum Gasteiger partial charge on any atom is 0.407 e. The summed E-state index contributed by atoms with van der Waals surface area (Å²) in [6, 6.07) is 16.2. The number of carboxylic acids is 1. The van der Waals surface area contributed by atoms with E-state index in [1.807, 2.05) is 31.2 Å². The van der Waals surface area contributed by atoms with E-state index >= 15 is 0 Å². The first kappa shape index (κ1) is 22.1. The molecule has 0 radical (unpaired) electrons. The van der Waals surface area contributed by atoms with Gasteiger partial charge >= 0.3 is 12.1 Å². The van der Waals surface area contributed by atoms with Gasteiger partial charge in [-0.05, 0) is 28.7 Å². The molecule has 0 saturated heterocycles. The smallest absolute Gasteiger partial charge is 0.407 e. The van der Waals surface area contributed by atoms with Gasteiger partial charge in [-0.25, -0.2) is 9.59 Å². The van der Waals surface area contributed by atoms with Crippen molar-refractivity contribution in [2.24, 2.45) is 5.92 Å². The van der Waals surface area contributed by atoms with Crippen molar-refractivity contribution in [2.75, 3.05) is 19.7 Å². The summed E-state index contributed by atoms with van der Waals surface area (Å²) in [6.45, 7) is 2.31. The van der Waals surface area contributed by atoms with Crippen molar-refractivity contribution in [3.63, 3.8) is 0 Å². The van der Waals surface area contributed by atoms with Gasteiger partial charge in [0.25, 0.3) is 0 Å². The molecule has 7 heteroatoms. The Morgan fingerprint density at radius 2 is 1.65 bits per heavy atom. The maximum absolute atomic E-state index is 12.3.